The number of carbonyl (C=O) groups is 1. The highest BCUT2D eigenvalue weighted by atomic mass is 32.1. The van der Waals surface area contributed by atoms with Gasteiger partial charge in [0.1, 0.15) is 5.41 Å². The van der Waals surface area contributed by atoms with E-state index in [1.165, 1.54) is 0 Å². The highest BCUT2D eigenvalue weighted by molar-refractivity contribution is 7.80. The highest BCUT2D eigenvalue weighted by Crippen LogP contribution is 2.34. The summed E-state index contributed by atoms with van der Waals surface area (Å²) in [5.74, 6) is 0.0602. The molecule has 19 heavy (non-hydrogen) atoms. The quantitative estimate of drug-likeness (QED) is 0.774. The minimum absolute atomic E-state index is 0.0602. The summed E-state index contributed by atoms with van der Waals surface area (Å²) in [7, 11) is 1.69. The molecule has 0 aliphatic carbocycles. The van der Waals surface area contributed by atoms with E-state index >= 15 is 0 Å². The Morgan fingerprint density at radius 3 is 2.74 bits per heavy atom. The predicted octanol–water partition coefficient (Wildman–Crippen LogP) is 0.707. The largest absolute Gasteiger partial charge is 0.392 e. The third-order valence-electron chi connectivity index (χ3n) is 4.23. The van der Waals surface area contributed by atoms with Crippen molar-refractivity contribution in [2.24, 2.45) is 11.1 Å². The van der Waals surface area contributed by atoms with Crippen molar-refractivity contribution in [3.05, 3.63) is 0 Å². The Kier molecular flexibility index (Phi) is 4.76. The second kappa shape index (κ2) is 6.15. The normalized spacial score (nSPS) is 27.0. The van der Waals surface area contributed by atoms with Crippen molar-refractivity contribution in [1.82, 2.24) is 4.90 Å². The molecular weight excluding hydrogens is 264 g/mol. The van der Waals surface area contributed by atoms with E-state index in [-0.39, 0.29) is 12.0 Å². The van der Waals surface area contributed by atoms with Gasteiger partial charge in [-0.3, -0.25) is 4.79 Å². The summed E-state index contributed by atoms with van der Waals surface area (Å²) >= 11 is 5.17. The van der Waals surface area contributed by atoms with Gasteiger partial charge in [0.25, 0.3) is 0 Å². The van der Waals surface area contributed by atoms with Gasteiger partial charge in [-0.2, -0.15) is 0 Å². The molecule has 2 aliphatic heterocycles. The van der Waals surface area contributed by atoms with E-state index in [1.807, 2.05) is 4.90 Å². The van der Waals surface area contributed by atoms with Crippen LogP contribution in [-0.2, 0) is 14.3 Å². The molecule has 0 spiro atoms. The van der Waals surface area contributed by atoms with Crippen molar-refractivity contribution in [3.63, 3.8) is 0 Å². The van der Waals surface area contributed by atoms with Crippen LogP contribution in [0.1, 0.15) is 25.7 Å². The Hall–Kier alpha value is -0.720. The van der Waals surface area contributed by atoms with Crippen LogP contribution in [0.5, 0.6) is 0 Å². The number of likely N-dealkylation sites (tertiary alicyclic amines) is 1. The van der Waals surface area contributed by atoms with Gasteiger partial charge in [0.2, 0.25) is 5.91 Å². The number of hydrogen-bond acceptors (Lipinski definition) is 4. The monoisotopic (exact) mass is 286 g/mol. The number of nitrogens with two attached hydrogens (primary N) is 1. The fourth-order valence-electron chi connectivity index (χ4n) is 2.90. The third kappa shape index (κ3) is 2.90. The van der Waals surface area contributed by atoms with Crippen LogP contribution in [0.25, 0.3) is 0 Å². The first kappa shape index (κ1) is 14.7. The van der Waals surface area contributed by atoms with Gasteiger partial charge in [-0.1, -0.05) is 12.2 Å². The molecule has 2 rings (SSSR count). The van der Waals surface area contributed by atoms with Crippen molar-refractivity contribution in [3.8, 4) is 0 Å². The summed E-state index contributed by atoms with van der Waals surface area (Å²) in [5.41, 5.74) is 5.17. The lowest BCUT2D eigenvalue weighted by atomic mass is 9.78. The zero-order valence-corrected chi connectivity index (χ0v) is 12.2. The van der Waals surface area contributed by atoms with Gasteiger partial charge in [-0.05, 0) is 25.7 Å². The molecule has 0 saturated carbocycles. The number of carbonyl (C=O) groups excluding carboxylic acids is 1. The van der Waals surface area contributed by atoms with Crippen LogP contribution in [0.3, 0.4) is 0 Å². The molecule has 1 unspecified atom stereocenters. The summed E-state index contributed by atoms with van der Waals surface area (Å²) in [6, 6.07) is 0. The number of methoxy groups -OCH3 is 1. The first-order valence-electron chi connectivity index (χ1n) is 6.80. The van der Waals surface area contributed by atoms with Gasteiger partial charge >= 0.3 is 0 Å². The zero-order valence-electron chi connectivity index (χ0n) is 11.4. The SMILES string of the molecule is COC1CCCN(C(=O)C2(C(N)=S)CCOCC2)C1. The summed E-state index contributed by atoms with van der Waals surface area (Å²) in [6.45, 7) is 2.50. The van der Waals surface area contributed by atoms with Crippen LogP contribution in [0.4, 0.5) is 0 Å². The number of nitrogens with zero attached hydrogens (tertiary/aromatic N) is 1. The van der Waals surface area contributed by atoms with E-state index in [4.69, 9.17) is 27.4 Å². The standard InChI is InChI=1S/C13H22N2O3S/c1-17-10-3-2-6-15(9-10)12(16)13(11(14)19)4-7-18-8-5-13/h10H,2-9H2,1H3,(H2,14,19). The Morgan fingerprint density at radius 1 is 1.47 bits per heavy atom. The Morgan fingerprint density at radius 2 is 2.16 bits per heavy atom. The summed E-state index contributed by atoms with van der Waals surface area (Å²) < 4.78 is 10.7. The molecule has 2 N–H and O–H groups in total. The Labute approximate surface area is 119 Å². The predicted molar refractivity (Wildman–Crippen MR) is 75.9 cm³/mol. The highest BCUT2D eigenvalue weighted by Gasteiger charge is 2.46. The molecule has 2 saturated heterocycles. The number of rotatable bonds is 3. The summed E-state index contributed by atoms with van der Waals surface area (Å²) in [6.07, 6.45) is 3.28. The average molecular weight is 286 g/mol. The topological polar surface area (TPSA) is 64.8 Å². The number of amides is 1. The maximum Gasteiger partial charge on any atom is 0.235 e. The molecule has 5 nitrogen and oxygen atoms in total. The molecule has 108 valence electrons. The molecule has 0 aromatic heterocycles. The van der Waals surface area contributed by atoms with E-state index in [0.717, 1.165) is 19.4 Å². The second-order valence-electron chi connectivity index (χ2n) is 5.31. The molecule has 0 bridgehead atoms. The van der Waals surface area contributed by atoms with Gasteiger partial charge in [-0.15, -0.1) is 0 Å². The first-order valence-corrected chi connectivity index (χ1v) is 7.21. The lowest BCUT2D eigenvalue weighted by Crippen LogP contribution is -2.56. The maximum atomic E-state index is 12.8. The fourth-order valence-corrected chi connectivity index (χ4v) is 3.19. The molecule has 2 fully saturated rings. The smallest absolute Gasteiger partial charge is 0.235 e. The van der Waals surface area contributed by atoms with Crippen molar-refractivity contribution in [2.75, 3.05) is 33.4 Å². The Bertz CT molecular complexity index is 356. The van der Waals surface area contributed by atoms with Crippen molar-refractivity contribution >= 4 is 23.1 Å². The van der Waals surface area contributed by atoms with E-state index in [1.54, 1.807) is 7.11 Å². The van der Waals surface area contributed by atoms with E-state index in [0.29, 0.717) is 37.6 Å². The number of hydrogen-bond donors (Lipinski definition) is 1. The van der Waals surface area contributed by atoms with E-state index < -0.39 is 5.41 Å². The first-order chi connectivity index (χ1) is 9.10. The van der Waals surface area contributed by atoms with Gasteiger partial charge in [0.15, 0.2) is 0 Å². The molecule has 0 aromatic rings. The van der Waals surface area contributed by atoms with Gasteiger partial charge in [-0.25, -0.2) is 0 Å². The lowest BCUT2D eigenvalue weighted by molar-refractivity contribution is -0.146. The molecule has 6 heteroatoms. The number of ether oxygens (including phenoxy) is 2. The van der Waals surface area contributed by atoms with Crippen LogP contribution in [0.15, 0.2) is 0 Å². The average Bonchev–Trinajstić information content (AvgIpc) is 2.47. The van der Waals surface area contributed by atoms with Crippen molar-refractivity contribution in [2.45, 2.75) is 31.8 Å². The summed E-state index contributed by atoms with van der Waals surface area (Å²) in [4.78, 5) is 15.0. The molecule has 0 radical (unpaired) electrons. The second-order valence-corrected chi connectivity index (χ2v) is 5.75. The number of piperidine rings is 1. The van der Waals surface area contributed by atoms with Gasteiger partial charge in [0.05, 0.1) is 11.1 Å². The molecule has 2 heterocycles. The summed E-state index contributed by atoms with van der Waals surface area (Å²) in [5, 5.41) is 0. The van der Waals surface area contributed by atoms with Crippen LogP contribution in [0.2, 0.25) is 0 Å². The van der Waals surface area contributed by atoms with Gasteiger partial charge < -0.3 is 20.1 Å². The molecular formula is C13H22N2O3S. The number of thiocarbonyl (C=S) groups is 1. The van der Waals surface area contributed by atoms with E-state index in [2.05, 4.69) is 0 Å². The lowest BCUT2D eigenvalue weighted by Gasteiger charge is -2.41. The van der Waals surface area contributed by atoms with Crippen molar-refractivity contribution in [1.29, 1.82) is 0 Å². The molecule has 1 atom stereocenters. The fraction of sp³-hybridized carbons (Fsp3) is 0.846. The van der Waals surface area contributed by atoms with Crippen LogP contribution < -0.4 is 5.73 Å². The zero-order chi connectivity index (χ0) is 13.9. The molecule has 2 aliphatic rings. The third-order valence-corrected chi connectivity index (χ3v) is 4.62. The van der Waals surface area contributed by atoms with Crippen LogP contribution in [-0.4, -0.2) is 55.3 Å². The van der Waals surface area contributed by atoms with E-state index in [9.17, 15) is 4.79 Å². The minimum atomic E-state index is -0.705. The minimum Gasteiger partial charge on any atom is -0.392 e. The van der Waals surface area contributed by atoms with Crippen LogP contribution >= 0.6 is 12.2 Å². The molecule has 1 amide bonds. The van der Waals surface area contributed by atoms with Crippen LogP contribution in [0, 0.1) is 5.41 Å². The molecule has 0 aromatic carbocycles. The maximum absolute atomic E-state index is 12.8. The Balaban J connectivity index is 2.13. The van der Waals surface area contributed by atoms with Gasteiger partial charge in [0, 0.05) is 33.4 Å². The van der Waals surface area contributed by atoms with Crippen molar-refractivity contribution < 1.29 is 14.3 Å².